The molecule has 1 saturated heterocycles. The molecule has 0 bridgehead atoms. The maximum atomic E-state index is 13.1. The van der Waals surface area contributed by atoms with Gasteiger partial charge < -0.3 is 14.7 Å². The van der Waals surface area contributed by atoms with Crippen molar-refractivity contribution < 1.29 is 9.59 Å². The minimum atomic E-state index is -0.594. The first kappa shape index (κ1) is 20.5. The van der Waals surface area contributed by atoms with Gasteiger partial charge in [-0.3, -0.25) is 9.59 Å². The van der Waals surface area contributed by atoms with Gasteiger partial charge in [-0.15, -0.1) is 0 Å². The number of benzene rings is 2. The molecule has 2 aliphatic rings. The minimum absolute atomic E-state index is 0.00507. The van der Waals surface area contributed by atoms with E-state index in [1.807, 2.05) is 37.8 Å². The van der Waals surface area contributed by atoms with Gasteiger partial charge in [0.2, 0.25) is 11.8 Å². The van der Waals surface area contributed by atoms with E-state index in [-0.39, 0.29) is 18.4 Å². The van der Waals surface area contributed by atoms with Crippen LogP contribution in [0.15, 0.2) is 36.4 Å². The number of amides is 2. The lowest BCUT2D eigenvalue weighted by molar-refractivity contribution is -0.132. The van der Waals surface area contributed by atoms with Crippen LogP contribution in [-0.4, -0.2) is 49.4 Å². The van der Waals surface area contributed by atoms with E-state index in [1.54, 1.807) is 4.90 Å². The van der Waals surface area contributed by atoms with E-state index in [1.165, 1.54) is 16.8 Å². The lowest BCUT2D eigenvalue weighted by Gasteiger charge is -2.37. The number of rotatable bonds is 3. The van der Waals surface area contributed by atoms with E-state index >= 15 is 0 Å². The fourth-order valence-corrected chi connectivity index (χ4v) is 4.62. The molecule has 2 aliphatic heterocycles. The van der Waals surface area contributed by atoms with Crippen molar-refractivity contribution >= 4 is 23.2 Å². The molecule has 0 N–H and O–H groups in total. The zero-order chi connectivity index (χ0) is 21.6. The maximum absolute atomic E-state index is 13.1. The summed E-state index contributed by atoms with van der Waals surface area (Å²) in [4.78, 5) is 32.1. The monoisotopic (exact) mass is 405 g/mol. The Kier molecular flexibility index (Phi) is 5.08. The largest absolute Gasteiger partial charge is 0.368 e. The third-order valence-electron chi connectivity index (χ3n) is 6.74. The van der Waals surface area contributed by atoms with Crippen LogP contribution < -0.4 is 9.80 Å². The van der Waals surface area contributed by atoms with E-state index in [2.05, 4.69) is 43.0 Å². The second-order valence-electron chi connectivity index (χ2n) is 9.12. The van der Waals surface area contributed by atoms with Crippen molar-refractivity contribution in [2.45, 2.75) is 40.0 Å². The van der Waals surface area contributed by atoms with Crippen LogP contribution in [0.1, 0.15) is 36.1 Å². The van der Waals surface area contributed by atoms with Gasteiger partial charge in [-0.05, 0) is 63.4 Å². The third-order valence-corrected chi connectivity index (χ3v) is 6.74. The van der Waals surface area contributed by atoms with Gasteiger partial charge in [-0.1, -0.05) is 29.8 Å². The predicted octanol–water partition coefficient (Wildman–Crippen LogP) is 3.58. The van der Waals surface area contributed by atoms with Crippen LogP contribution >= 0.6 is 0 Å². The van der Waals surface area contributed by atoms with Gasteiger partial charge >= 0.3 is 0 Å². The van der Waals surface area contributed by atoms with Crippen molar-refractivity contribution in [2.75, 3.05) is 42.5 Å². The molecule has 158 valence electrons. The lowest BCUT2D eigenvalue weighted by Crippen LogP contribution is -2.52. The Hall–Kier alpha value is -2.82. The molecule has 0 spiro atoms. The summed E-state index contributed by atoms with van der Waals surface area (Å²) in [5.41, 5.74) is 6.26. The van der Waals surface area contributed by atoms with Gasteiger partial charge in [0.25, 0.3) is 0 Å². The van der Waals surface area contributed by atoms with Crippen molar-refractivity contribution in [3.8, 4) is 0 Å². The highest BCUT2D eigenvalue weighted by Crippen LogP contribution is 2.41. The van der Waals surface area contributed by atoms with Crippen LogP contribution in [0.2, 0.25) is 0 Å². The molecule has 30 heavy (non-hydrogen) atoms. The van der Waals surface area contributed by atoms with Crippen molar-refractivity contribution in [3.63, 3.8) is 0 Å². The molecule has 2 aromatic carbocycles. The Morgan fingerprint density at radius 3 is 2.37 bits per heavy atom. The first-order valence-corrected chi connectivity index (χ1v) is 10.7. The van der Waals surface area contributed by atoms with Crippen molar-refractivity contribution in [3.05, 3.63) is 58.7 Å². The molecule has 2 aromatic rings. The average Bonchev–Trinajstić information content (AvgIpc) is 2.90. The highest BCUT2D eigenvalue weighted by Gasteiger charge is 2.44. The molecule has 2 heterocycles. The number of piperazine rings is 1. The number of hydrogen-bond donors (Lipinski definition) is 0. The van der Waals surface area contributed by atoms with E-state index < -0.39 is 5.41 Å². The Labute approximate surface area is 179 Å². The summed E-state index contributed by atoms with van der Waals surface area (Å²) in [6.45, 7) is 13.3. The van der Waals surface area contributed by atoms with Crippen LogP contribution in [0.4, 0.5) is 11.4 Å². The number of nitrogens with zero attached hydrogens (tertiary/aromatic N) is 3. The number of aryl methyl sites for hydroxylation is 2. The summed E-state index contributed by atoms with van der Waals surface area (Å²) in [6, 6.07) is 12.4. The maximum Gasteiger partial charge on any atom is 0.242 e. The Morgan fingerprint density at radius 2 is 1.67 bits per heavy atom. The molecule has 1 fully saturated rings. The van der Waals surface area contributed by atoms with Gasteiger partial charge in [-0.2, -0.15) is 0 Å². The molecular formula is C25H31N3O2. The summed E-state index contributed by atoms with van der Waals surface area (Å²) >= 11 is 0. The SMILES string of the molecule is Cc1ccc2c(c1)C(C)(C)C(=O)N2CC(=O)N1CCN(c2cccc(C)c2C)CC1. The van der Waals surface area contributed by atoms with E-state index in [4.69, 9.17) is 0 Å². The molecular weight excluding hydrogens is 374 g/mol. The van der Waals surface area contributed by atoms with Gasteiger partial charge in [0.1, 0.15) is 6.54 Å². The Bertz CT molecular complexity index is 1000. The van der Waals surface area contributed by atoms with Crippen molar-refractivity contribution in [1.29, 1.82) is 0 Å². The van der Waals surface area contributed by atoms with E-state index in [9.17, 15) is 9.59 Å². The molecule has 0 aliphatic carbocycles. The lowest BCUT2D eigenvalue weighted by atomic mass is 9.85. The first-order valence-electron chi connectivity index (χ1n) is 10.7. The number of anilines is 2. The summed E-state index contributed by atoms with van der Waals surface area (Å²) in [5, 5.41) is 0. The molecule has 0 saturated carbocycles. The first-order chi connectivity index (χ1) is 14.2. The molecule has 0 radical (unpaired) electrons. The molecule has 0 unspecified atom stereocenters. The normalized spacial score (nSPS) is 18.0. The second kappa shape index (κ2) is 7.46. The minimum Gasteiger partial charge on any atom is -0.368 e. The highest BCUT2D eigenvalue weighted by atomic mass is 16.2. The summed E-state index contributed by atoms with van der Waals surface area (Å²) in [6.07, 6.45) is 0. The molecule has 0 atom stereocenters. The molecule has 5 heteroatoms. The number of hydrogen-bond acceptors (Lipinski definition) is 3. The quantitative estimate of drug-likeness (QED) is 0.784. The standard InChI is InChI=1S/C25H31N3O2/c1-17-9-10-22-20(15-17)25(4,5)24(30)28(22)16-23(29)27-13-11-26(12-14-27)21-8-6-7-18(2)19(21)3/h6-10,15H,11-14,16H2,1-5H3. The van der Waals surface area contributed by atoms with Crippen LogP contribution in [0.25, 0.3) is 0 Å². The zero-order valence-electron chi connectivity index (χ0n) is 18.7. The predicted molar refractivity (Wildman–Crippen MR) is 121 cm³/mol. The van der Waals surface area contributed by atoms with Crippen molar-refractivity contribution in [1.82, 2.24) is 4.90 Å². The third kappa shape index (κ3) is 3.36. The van der Waals surface area contributed by atoms with Crippen LogP contribution in [0, 0.1) is 20.8 Å². The van der Waals surface area contributed by atoms with Crippen LogP contribution in [0.3, 0.4) is 0 Å². The van der Waals surface area contributed by atoms with Crippen LogP contribution in [-0.2, 0) is 15.0 Å². The van der Waals surface area contributed by atoms with Gasteiger partial charge in [0.05, 0.1) is 5.41 Å². The van der Waals surface area contributed by atoms with Gasteiger partial charge in [-0.25, -0.2) is 0 Å². The zero-order valence-corrected chi connectivity index (χ0v) is 18.7. The Balaban J connectivity index is 1.45. The number of carbonyl (C=O) groups is 2. The summed E-state index contributed by atoms with van der Waals surface area (Å²) < 4.78 is 0. The molecule has 2 amide bonds. The fraction of sp³-hybridized carbons (Fsp3) is 0.440. The second-order valence-corrected chi connectivity index (χ2v) is 9.12. The molecule has 0 aromatic heterocycles. The molecule has 5 nitrogen and oxygen atoms in total. The fourth-order valence-electron chi connectivity index (χ4n) is 4.62. The van der Waals surface area contributed by atoms with Gasteiger partial charge in [0.15, 0.2) is 0 Å². The number of fused-ring (bicyclic) bond motifs is 1. The van der Waals surface area contributed by atoms with Crippen LogP contribution in [0.5, 0.6) is 0 Å². The van der Waals surface area contributed by atoms with E-state index in [0.717, 1.165) is 29.9 Å². The van der Waals surface area contributed by atoms with Crippen molar-refractivity contribution in [2.24, 2.45) is 0 Å². The average molecular weight is 406 g/mol. The van der Waals surface area contributed by atoms with E-state index in [0.29, 0.717) is 13.1 Å². The summed E-state index contributed by atoms with van der Waals surface area (Å²) in [7, 11) is 0. The van der Waals surface area contributed by atoms with Gasteiger partial charge in [0, 0.05) is 37.6 Å². The topological polar surface area (TPSA) is 43.9 Å². The molecule has 4 rings (SSSR count). The Morgan fingerprint density at radius 1 is 0.967 bits per heavy atom. The smallest absolute Gasteiger partial charge is 0.242 e. The highest BCUT2D eigenvalue weighted by molar-refractivity contribution is 6.10. The number of carbonyl (C=O) groups excluding carboxylic acids is 2. The summed E-state index contributed by atoms with van der Waals surface area (Å²) in [5.74, 6) is 0.0265.